The van der Waals surface area contributed by atoms with Crippen molar-refractivity contribution in [3.05, 3.63) is 65.3 Å². The molecule has 1 amide bonds. The number of H-pyrrole nitrogens is 1. The number of para-hydroxylation sites is 2. The van der Waals surface area contributed by atoms with Crippen molar-refractivity contribution in [2.45, 2.75) is 0 Å². The molecule has 0 saturated carbocycles. The molecule has 134 valence electrons. The van der Waals surface area contributed by atoms with Crippen LogP contribution in [0, 0.1) is 0 Å². The second-order valence-electron chi connectivity index (χ2n) is 5.40. The lowest BCUT2D eigenvalue weighted by molar-refractivity contribution is 0.0942. The Bertz CT molecular complexity index is 895. The Kier molecular flexibility index (Phi) is 5.76. The number of nitrogens with zero attached hydrogens (tertiary/aromatic N) is 1. The van der Waals surface area contributed by atoms with Crippen molar-refractivity contribution in [1.82, 2.24) is 15.5 Å². The van der Waals surface area contributed by atoms with E-state index in [9.17, 15) is 4.79 Å². The van der Waals surface area contributed by atoms with Gasteiger partial charge in [-0.05, 0) is 24.3 Å². The van der Waals surface area contributed by atoms with E-state index < -0.39 is 0 Å². The molecule has 2 N–H and O–H groups in total. The molecule has 0 fully saturated rings. The third-order valence-electron chi connectivity index (χ3n) is 3.69. The molecule has 0 radical (unpaired) electrons. The lowest BCUT2D eigenvalue weighted by Crippen LogP contribution is -2.28. The molecule has 0 unspecified atom stereocenters. The largest absolute Gasteiger partial charge is 0.493 e. The van der Waals surface area contributed by atoms with Gasteiger partial charge in [0, 0.05) is 5.56 Å². The molecule has 1 heterocycles. The van der Waals surface area contributed by atoms with Gasteiger partial charge in [0.05, 0.1) is 24.4 Å². The average Bonchev–Trinajstić information content (AvgIpc) is 3.16. The monoisotopic (exact) mass is 371 g/mol. The topological polar surface area (TPSA) is 76.2 Å². The molecule has 6 nitrogen and oxygen atoms in total. The fourth-order valence-corrected chi connectivity index (χ4v) is 2.64. The Hall–Kier alpha value is -2.99. The van der Waals surface area contributed by atoms with Crippen molar-refractivity contribution in [2.24, 2.45) is 0 Å². The molecule has 0 spiro atoms. The van der Waals surface area contributed by atoms with Crippen LogP contribution in [0.15, 0.2) is 54.6 Å². The number of hydrogen-bond donors (Lipinski definition) is 2. The van der Waals surface area contributed by atoms with E-state index in [1.165, 1.54) is 0 Å². The maximum absolute atomic E-state index is 12.2. The summed E-state index contributed by atoms with van der Waals surface area (Å²) < 4.78 is 10.8. The quantitative estimate of drug-likeness (QED) is 0.623. The smallest absolute Gasteiger partial charge is 0.269 e. The van der Waals surface area contributed by atoms with Crippen molar-refractivity contribution in [2.75, 3.05) is 20.3 Å². The Balaban J connectivity index is 1.54. The van der Waals surface area contributed by atoms with Gasteiger partial charge in [-0.1, -0.05) is 41.9 Å². The summed E-state index contributed by atoms with van der Waals surface area (Å²) in [5, 5.41) is 10.2. The van der Waals surface area contributed by atoms with E-state index in [2.05, 4.69) is 15.5 Å². The Morgan fingerprint density at radius 3 is 2.65 bits per heavy atom. The van der Waals surface area contributed by atoms with Crippen LogP contribution in [-0.4, -0.2) is 36.4 Å². The Labute approximate surface area is 156 Å². The third kappa shape index (κ3) is 4.15. The molecule has 0 bridgehead atoms. The second kappa shape index (κ2) is 8.40. The van der Waals surface area contributed by atoms with Gasteiger partial charge in [0.1, 0.15) is 12.3 Å². The molecule has 0 aliphatic rings. The van der Waals surface area contributed by atoms with Gasteiger partial charge in [-0.15, -0.1) is 0 Å². The number of halogens is 1. The second-order valence-corrected chi connectivity index (χ2v) is 5.81. The number of carbonyl (C=O) groups is 1. The van der Waals surface area contributed by atoms with Crippen LogP contribution in [0.2, 0.25) is 5.02 Å². The predicted octanol–water partition coefficient (Wildman–Crippen LogP) is 3.55. The number of ether oxygens (including phenoxy) is 2. The zero-order chi connectivity index (χ0) is 18.4. The molecule has 2 aromatic carbocycles. The van der Waals surface area contributed by atoms with Crippen LogP contribution in [0.5, 0.6) is 11.5 Å². The Morgan fingerprint density at radius 2 is 1.88 bits per heavy atom. The summed E-state index contributed by atoms with van der Waals surface area (Å²) >= 11 is 6.15. The van der Waals surface area contributed by atoms with Crippen LogP contribution in [0.1, 0.15) is 10.5 Å². The van der Waals surface area contributed by atoms with Gasteiger partial charge in [-0.25, -0.2) is 0 Å². The Morgan fingerprint density at radius 1 is 1.15 bits per heavy atom. The van der Waals surface area contributed by atoms with Crippen LogP contribution in [0.4, 0.5) is 0 Å². The molecule has 0 atom stereocenters. The first-order chi connectivity index (χ1) is 12.7. The standard InChI is InChI=1S/C19H18ClN3O3/c1-25-17-8-4-5-9-18(17)26-11-10-21-19(24)16-12-15(22-23-16)13-6-2-3-7-14(13)20/h2-9,12H,10-11H2,1H3,(H,21,24)(H,22,23). The van der Waals surface area contributed by atoms with Crippen molar-refractivity contribution in [1.29, 1.82) is 0 Å². The first kappa shape index (κ1) is 17.8. The van der Waals surface area contributed by atoms with E-state index in [1.54, 1.807) is 19.2 Å². The summed E-state index contributed by atoms with van der Waals surface area (Å²) in [6, 6.07) is 16.3. The minimum Gasteiger partial charge on any atom is -0.493 e. The van der Waals surface area contributed by atoms with Gasteiger partial charge in [-0.3, -0.25) is 9.89 Å². The fraction of sp³-hybridized carbons (Fsp3) is 0.158. The van der Waals surface area contributed by atoms with Crippen LogP contribution >= 0.6 is 11.6 Å². The predicted molar refractivity (Wildman–Crippen MR) is 99.9 cm³/mol. The van der Waals surface area contributed by atoms with Crippen LogP contribution < -0.4 is 14.8 Å². The number of aromatic nitrogens is 2. The number of aromatic amines is 1. The van der Waals surface area contributed by atoms with Gasteiger partial charge in [0.2, 0.25) is 0 Å². The number of methoxy groups -OCH3 is 1. The minimum atomic E-state index is -0.264. The molecule has 3 aromatic rings. The molecule has 3 rings (SSSR count). The highest BCUT2D eigenvalue weighted by Gasteiger charge is 2.12. The molecule has 0 aliphatic heterocycles. The van der Waals surface area contributed by atoms with Crippen molar-refractivity contribution in [3.8, 4) is 22.8 Å². The number of hydrogen-bond acceptors (Lipinski definition) is 4. The lowest BCUT2D eigenvalue weighted by Gasteiger charge is -2.10. The first-order valence-electron chi connectivity index (χ1n) is 8.03. The van der Waals surface area contributed by atoms with E-state index in [4.69, 9.17) is 21.1 Å². The van der Waals surface area contributed by atoms with Gasteiger partial charge in [0.25, 0.3) is 5.91 Å². The van der Waals surface area contributed by atoms with Crippen molar-refractivity contribution >= 4 is 17.5 Å². The van der Waals surface area contributed by atoms with E-state index in [0.717, 1.165) is 5.56 Å². The average molecular weight is 372 g/mol. The molecule has 7 heteroatoms. The van der Waals surface area contributed by atoms with Crippen molar-refractivity contribution < 1.29 is 14.3 Å². The van der Waals surface area contributed by atoms with Crippen LogP contribution in [0.3, 0.4) is 0 Å². The summed E-state index contributed by atoms with van der Waals surface area (Å²) in [6.45, 7) is 0.662. The van der Waals surface area contributed by atoms with Gasteiger partial charge in [-0.2, -0.15) is 5.10 Å². The van der Waals surface area contributed by atoms with E-state index >= 15 is 0 Å². The molecule has 0 saturated heterocycles. The zero-order valence-electron chi connectivity index (χ0n) is 14.2. The summed E-state index contributed by atoms with van der Waals surface area (Å²) in [7, 11) is 1.58. The summed E-state index contributed by atoms with van der Waals surface area (Å²) in [6.07, 6.45) is 0. The number of carbonyl (C=O) groups excluding carboxylic acids is 1. The van der Waals surface area contributed by atoms with Crippen molar-refractivity contribution in [3.63, 3.8) is 0 Å². The minimum absolute atomic E-state index is 0.264. The molecular formula is C19H18ClN3O3. The van der Waals surface area contributed by atoms with Crippen LogP contribution in [-0.2, 0) is 0 Å². The third-order valence-corrected chi connectivity index (χ3v) is 4.02. The first-order valence-corrected chi connectivity index (χ1v) is 8.41. The highest BCUT2D eigenvalue weighted by molar-refractivity contribution is 6.33. The molecular weight excluding hydrogens is 354 g/mol. The summed E-state index contributed by atoms with van der Waals surface area (Å²) in [4.78, 5) is 12.2. The number of rotatable bonds is 7. The van der Waals surface area contributed by atoms with E-state index in [0.29, 0.717) is 41.1 Å². The maximum Gasteiger partial charge on any atom is 0.269 e. The van der Waals surface area contributed by atoms with Gasteiger partial charge < -0.3 is 14.8 Å². The summed E-state index contributed by atoms with van der Waals surface area (Å²) in [5.41, 5.74) is 1.74. The van der Waals surface area contributed by atoms with E-state index in [1.807, 2.05) is 42.5 Å². The normalized spacial score (nSPS) is 10.4. The zero-order valence-corrected chi connectivity index (χ0v) is 14.9. The number of amides is 1. The molecule has 0 aliphatic carbocycles. The van der Waals surface area contributed by atoms with E-state index in [-0.39, 0.29) is 5.91 Å². The fourth-order valence-electron chi connectivity index (χ4n) is 2.40. The van der Waals surface area contributed by atoms with Gasteiger partial charge >= 0.3 is 0 Å². The lowest BCUT2D eigenvalue weighted by atomic mass is 10.1. The summed E-state index contributed by atoms with van der Waals surface area (Å²) in [5.74, 6) is 1.02. The number of nitrogens with one attached hydrogen (secondary N) is 2. The molecule has 26 heavy (non-hydrogen) atoms. The van der Waals surface area contributed by atoms with Gasteiger partial charge in [0.15, 0.2) is 11.5 Å². The van der Waals surface area contributed by atoms with Crippen LogP contribution in [0.25, 0.3) is 11.3 Å². The highest BCUT2D eigenvalue weighted by atomic mass is 35.5. The number of benzene rings is 2. The maximum atomic E-state index is 12.2. The SMILES string of the molecule is COc1ccccc1OCCNC(=O)c1cc(-c2ccccc2Cl)n[nH]1. The highest BCUT2D eigenvalue weighted by Crippen LogP contribution is 2.26. The molecule has 1 aromatic heterocycles.